The summed E-state index contributed by atoms with van der Waals surface area (Å²) in [4.78, 5) is 0.462. The fourth-order valence-corrected chi connectivity index (χ4v) is 1.58. The van der Waals surface area contributed by atoms with Crippen LogP contribution in [0, 0.1) is 0 Å². The molecule has 2 N–H and O–H groups in total. The van der Waals surface area contributed by atoms with Crippen LogP contribution in [0.4, 0.5) is 0 Å². The van der Waals surface area contributed by atoms with Crippen LogP contribution >= 0.6 is 12.2 Å². The lowest BCUT2D eigenvalue weighted by atomic mass is 10.3. The Labute approximate surface area is 118 Å². The van der Waals surface area contributed by atoms with E-state index in [2.05, 4.69) is 0 Å². The van der Waals surface area contributed by atoms with Gasteiger partial charge in [0, 0.05) is 6.42 Å². The van der Waals surface area contributed by atoms with Gasteiger partial charge in [0.05, 0.1) is 11.6 Å². The van der Waals surface area contributed by atoms with E-state index < -0.39 is 0 Å². The molecule has 0 atom stereocenters. The van der Waals surface area contributed by atoms with Gasteiger partial charge >= 0.3 is 0 Å². The van der Waals surface area contributed by atoms with Crippen LogP contribution < -0.4 is 15.2 Å². The molecule has 0 saturated carbocycles. The first-order valence-corrected chi connectivity index (χ1v) is 6.39. The maximum Gasteiger partial charge on any atom is 0.127 e. The highest BCUT2D eigenvalue weighted by molar-refractivity contribution is 7.80. The normalized spacial score (nSPS) is 9.89. The average molecular weight is 273 g/mol. The topological polar surface area (TPSA) is 44.5 Å². The number of nitrogens with two attached hydrogens (primary N) is 1. The second kappa shape index (κ2) is 6.75. The van der Waals surface area contributed by atoms with E-state index in [1.165, 1.54) is 0 Å². The van der Waals surface area contributed by atoms with Crippen molar-refractivity contribution in [3.05, 3.63) is 54.6 Å². The Kier molecular flexibility index (Phi) is 4.75. The van der Waals surface area contributed by atoms with E-state index >= 15 is 0 Å². The third kappa shape index (κ3) is 4.60. The second-order valence-corrected chi connectivity index (χ2v) is 4.48. The van der Waals surface area contributed by atoms with Crippen LogP contribution in [-0.4, -0.2) is 11.6 Å². The summed E-state index contributed by atoms with van der Waals surface area (Å²) in [5.41, 5.74) is 5.40. The van der Waals surface area contributed by atoms with E-state index in [4.69, 9.17) is 27.4 Å². The molecule has 4 heteroatoms. The summed E-state index contributed by atoms with van der Waals surface area (Å²) in [5, 5.41) is 0. The SMILES string of the molecule is NC(=S)CCOc1ccc(Oc2ccccc2)cc1. The first-order valence-electron chi connectivity index (χ1n) is 5.98. The van der Waals surface area contributed by atoms with E-state index in [1.807, 2.05) is 54.6 Å². The summed E-state index contributed by atoms with van der Waals surface area (Å²) < 4.78 is 11.2. The zero-order valence-corrected chi connectivity index (χ0v) is 11.2. The van der Waals surface area contributed by atoms with Gasteiger partial charge in [-0.1, -0.05) is 30.4 Å². The molecule has 0 bridgehead atoms. The van der Waals surface area contributed by atoms with Gasteiger partial charge in [-0.2, -0.15) is 0 Å². The van der Waals surface area contributed by atoms with Crippen molar-refractivity contribution in [1.82, 2.24) is 0 Å². The van der Waals surface area contributed by atoms with Crippen molar-refractivity contribution < 1.29 is 9.47 Å². The van der Waals surface area contributed by atoms with E-state index in [-0.39, 0.29) is 0 Å². The van der Waals surface area contributed by atoms with Gasteiger partial charge in [-0.15, -0.1) is 0 Å². The number of para-hydroxylation sites is 1. The number of thiocarbonyl (C=S) groups is 1. The molecule has 0 aliphatic heterocycles. The molecule has 0 aromatic heterocycles. The van der Waals surface area contributed by atoms with Gasteiger partial charge < -0.3 is 15.2 Å². The minimum Gasteiger partial charge on any atom is -0.493 e. The van der Waals surface area contributed by atoms with Crippen molar-refractivity contribution in [2.45, 2.75) is 6.42 Å². The molecule has 3 nitrogen and oxygen atoms in total. The lowest BCUT2D eigenvalue weighted by molar-refractivity contribution is 0.329. The average Bonchev–Trinajstić information content (AvgIpc) is 2.42. The van der Waals surface area contributed by atoms with Gasteiger partial charge in [-0.05, 0) is 36.4 Å². The Hall–Kier alpha value is -2.07. The van der Waals surface area contributed by atoms with Gasteiger partial charge in [0.25, 0.3) is 0 Å². The van der Waals surface area contributed by atoms with Gasteiger partial charge in [0.1, 0.15) is 17.2 Å². The molecule has 98 valence electrons. The lowest BCUT2D eigenvalue weighted by Crippen LogP contribution is -2.12. The predicted molar refractivity (Wildman–Crippen MR) is 79.9 cm³/mol. The Morgan fingerprint density at radius 1 is 0.895 bits per heavy atom. The minimum absolute atomic E-state index is 0.462. The maximum absolute atomic E-state index is 5.68. The molecule has 19 heavy (non-hydrogen) atoms. The van der Waals surface area contributed by atoms with E-state index in [1.54, 1.807) is 0 Å². The van der Waals surface area contributed by atoms with Crippen molar-refractivity contribution in [3.63, 3.8) is 0 Å². The molecule has 0 aliphatic carbocycles. The summed E-state index contributed by atoms with van der Waals surface area (Å²) in [6.07, 6.45) is 0.581. The van der Waals surface area contributed by atoms with Gasteiger partial charge in [0.15, 0.2) is 0 Å². The van der Waals surface area contributed by atoms with Gasteiger partial charge in [-0.3, -0.25) is 0 Å². The molecule has 0 amide bonds. The molecule has 2 aromatic rings. The summed E-state index contributed by atoms with van der Waals surface area (Å²) in [6, 6.07) is 17.1. The monoisotopic (exact) mass is 273 g/mol. The molecule has 0 spiro atoms. The zero-order valence-electron chi connectivity index (χ0n) is 10.4. The maximum atomic E-state index is 5.68. The molecule has 0 fully saturated rings. The standard InChI is InChI=1S/C15H15NO2S/c16-15(19)10-11-17-12-6-8-14(9-7-12)18-13-4-2-1-3-5-13/h1-9H,10-11H2,(H2,16,19). The van der Waals surface area contributed by atoms with Crippen LogP contribution in [-0.2, 0) is 0 Å². The van der Waals surface area contributed by atoms with E-state index in [9.17, 15) is 0 Å². The molecule has 2 rings (SSSR count). The largest absolute Gasteiger partial charge is 0.493 e. The fraction of sp³-hybridized carbons (Fsp3) is 0.133. The molecule has 0 saturated heterocycles. The molecular weight excluding hydrogens is 258 g/mol. The number of ether oxygens (including phenoxy) is 2. The van der Waals surface area contributed by atoms with Crippen LogP contribution in [0.2, 0.25) is 0 Å². The first kappa shape index (κ1) is 13.4. The molecule has 2 aromatic carbocycles. The number of hydrogen-bond acceptors (Lipinski definition) is 3. The van der Waals surface area contributed by atoms with Crippen molar-refractivity contribution in [1.29, 1.82) is 0 Å². The molecular formula is C15H15NO2S. The van der Waals surface area contributed by atoms with Crippen molar-refractivity contribution in [2.75, 3.05) is 6.61 Å². The van der Waals surface area contributed by atoms with Crippen molar-refractivity contribution in [3.8, 4) is 17.2 Å². The van der Waals surface area contributed by atoms with Crippen LogP contribution in [0.25, 0.3) is 0 Å². The molecule has 0 heterocycles. The van der Waals surface area contributed by atoms with E-state index in [0.717, 1.165) is 17.2 Å². The Morgan fingerprint density at radius 2 is 1.47 bits per heavy atom. The van der Waals surface area contributed by atoms with Crippen LogP contribution in [0.1, 0.15) is 6.42 Å². The lowest BCUT2D eigenvalue weighted by Gasteiger charge is -2.08. The number of hydrogen-bond donors (Lipinski definition) is 1. The zero-order chi connectivity index (χ0) is 13.5. The third-order valence-electron chi connectivity index (χ3n) is 2.42. The predicted octanol–water partition coefficient (Wildman–Crippen LogP) is 3.53. The summed E-state index contributed by atoms with van der Waals surface area (Å²) in [7, 11) is 0. The second-order valence-electron chi connectivity index (χ2n) is 3.95. The summed E-state index contributed by atoms with van der Waals surface area (Å²) in [6.45, 7) is 0.494. The van der Waals surface area contributed by atoms with Crippen LogP contribution in [0.5, 0.6) is 17.2 Å². The highest BCUT2D eigenvalue weighted by Crippen LogP contribution is 2.23. The highest BCUT2D eigenvalue weighted by Gasteiger charge is 1.98. The molecule has 0 aliphatic rings. The number of benzene rings is 2. The third-order valence-corrected chi connectivity index (χ3v) is 2.62. The fourth-order valence-electron chi connectivity index (χ4n) is 1.50. The Morgan fingerprint density at radius 3 is 2.11 bits per heavy atom. The first-order chi connectivity index (χ1) is 9.24. The Bertz CT molecular complexity index is 526. The van der Waals surface area contributed by atoms with Crippen LogP contribution in [0.15, 0.2) is 54.6 Å². The summed E-state index contributed by atoms with van der Waals surface area (Å²) in [5.74, 6) is 2.36. The minimum atomic E-state index is 0.462. The van der Waals surface area contributed by atoms with Crippen LogP contribution in [0.3, 0.4) is 0 Å². The number of rotatable bonds is 6. The highest BCUT2D eigenvalue weighted by atomic mass is 32.1. The smallest absolute Gasteiger partial charge is 0.127 e. The van der Waals surface area contributed by atoms with Crippen molar-refractivity contribution >= 4 is 17.2 Å². The Balaban J connectivity index is 1.89. The van der Waals surface area contributed by atoms with Gasteiger partial charge in [-0.25, -0.2) is 0 Å². The van der Waals surface area contributed by atoms with E-state index in [0.29, 0.717) is 18.0 Å². The summed E-state index contributed by atoms with van der Waals surface area (Å²) >= 11 is 4.78. The van der Waals surface area contributed by atoms with Crippen molar-refractivity contribution in [2.24, 2.45) is 5.73 Å². The molecule has 0 unspecified atom stereocenters. The van der Waals surface area contributed by atoms with Gasteiger partial charge in [0.2, 0.25) is 0 Å². The molecule has 0 radical (unpaired) electrons. The quantitative estimate of drug-likeness (QED) is 0.818.